The Hall–Kier alpha value is -3.67. The van der Waals surface area contributed by atoms with Gasteiger partial charge in [-0.3, -0.25) is 4.79 Å². The number of carbonyl (C=O) groups is 1. The standard InChI is InChI=1S/C21H20O6/c1-26-20-9-5-14(11-18(20)24)3-7-16(22)13-17(23)8-4-15-6-10-21(27-2)19(25)12-15/h3-13,22,24-25H,1-2H3/b7-3+,8-4+,16-13?. The first-order chi connectivity index (χ1) is 12.9. The molecule has 0 spiro atoms. The number of benzene rings is 2. The van der Waals surface area contributed by atoms with Gasteiger partial charge in [-0.1, -0.05) is 24.3 Å². The van der Waals surface area contributed by atoms with Crippen LogP contribution in [0.5, 0.6) is 23.0 Å². The fraction of sp³-hybridized carbons (Fsp3) is 0.0952. The highest BCUT2D eigenvalue weighted by Gasteiger charge is 2.02. The van der Waals surface area contributed by atoms with Crippen LogP contribution < -0.4 is 9.47 Å². The van der Waals surface area contributed by atoms with E-state index in [4.69, 9.17) is 9.47 Å². The molecule has 6 heteroatoms. The van der Waals surface area contributed by atoms with E-state index < -0.39 is 5.78 Å². The number of aliphatic hydroxyl groups is 1. The van der Waals surface area contributed by atoms with Gasteiger partial charge in [-0.15, -0.1) is 0 Å². The number of ether oxygens (including phenoxy) is 2. The third-order valence-corrected chi connectivity index (χ3v) is 3.58. The van der Waals surface area contributed by atoms with E-state index in [2.05, 4.69) is 0 Å². The molecule has 0 aliphatic rings. The van der Waals surface area contributed by atoms with Crippen molar-refractivity contribution in [2.24, 2.45) is 0 Å². The maximum atomic E-state index is 11.9. The summed E-state index contributed by atoms with van der Waals surface area (Å²) in [7, 11) is 2.90. The second kappa shape index (κ2) is 9.15. The summed E-state index contributed by atoms with van der Waals surface area (Å²) >= 11 is 0. The van der Waals surface area contributed by atoms with E-state index in [1.54, 1.807) is 30.3 Å². The lowest BCUT2D eigenvalue weighted by molar-refractivity contribution is -0.110. The maximum Gasteiger partial charge on any atom is 0.182 e. The van der Waals surface area contributed by atoms with Gasteiger partial charge < -0.3 is 24.8 Å². The minimum atomic E-state index is -0.426. The smallest absolute Gasteiger partial charge is 0.182 e. The van der Waals surface area contributed by atoms with Crippen molar-refractivity contribution < 1.29 is 29.6 Å². The Morgan fingerprint density at radius 3 is 1.78 bits per heavy atom. The first kappa shape index (κ1) is 19.7. The fourth-order valence-corrected chi connectivity index (χ4v) is 2.22. The van der Waals surface area contributed by atoms with Crippen LogP contribution in [0, 0.1) is 0 Å². The molecule has 6 nitrogen and oxygen atoms in total. The first-order valence-corrected chi connectivity index (χ1v) is 7.97. The molecule has 3 N–H and O–H groups in total. The Labute approximate surface area is 156 Å². The Morgan fingerprint density at radius 2 is 1.33 bits per heavy atom. The van der Waals surface area contributed by atoms with Gasteiger partial charge in [0, 0.05) is 6.08 Å². The van der Waals surface area contributed by atoms with Crippen LogP contribution >= 0.6 is 0 Å². The maximum absolute atomic E-state index is 11.9. The molecule has 0 saturated heterocycles. The van der Waals surface area contributed by atoms with Gasteiger partial charge in [0.15, 0.2) is 28.8 Å². The van der Waals surface area contributed by atoms with E-state index >= 15 is 0 Å². The lowest BCUT2D eigenvalue weighted by Crippen LogP contribution is -1.89. The number of phenols is 2. The van der Waals surface area contributed by atoms with Crippen LogP contribution in [-0.2, 0) is 4.79 Å². The van der Waals surface area contributed by atoms with Crippen molar-refractivity contribution in [1.82, 2.24) is 0 Å². The number of hydrogen-bond acceptors (Lipinski definition) is 6. The van der Waals surface area contributed by atoms with E-state index in [1.807, 2.05) is 0 Å². The number of hydrogen-bond donors (Lipinski definition) is 3. The highest BCUT2D eigenvalue weighted by molar-refractivity contribution is 6.02. The molecule has 0 aliphatic heterocycles. The number of phenolic OH excluding ortho intramolecular Hbond substituents is 2. The topological polar surface area (TPSA) is 96.2 Å². The largest absolute Gasteiger partial charge is 0.508 e. The Bertz CT molecular complexity index is 909. The number of ketones is 1. The summed E-state index contributed by atoms with van der Waals surface area (Å²) in [6.45, 7) is 0. The zero-order valence-corrected chi connectivity index (χ0v) is 14.9. The Kier molecular flexibility index (Phi) is 6.66. The molecule has 0 aromatic heterocycles. The number of carbonyl (C=O) groups excluding carboxylic acids is 1. The van der Waals surface area contributed by atoms with E-state index in [-0.39, 0.29) is 17.3 Å². The lowest BCUT2D eigenvalue weighted by atomic mass is 10.1. The molecule has 0 amide bonds. The lowest BCUT2D eigenvalue weighted by Gasteiger charge is -2.03. The van der Waals surface area contributed by atoms with Crippen LogP contribution in [0.1, 0.15) is 11.1 Å². The van der Waals surface area contributed by atoms with E-state index in [0.29, 0.717) is 22.6 Å². The van der Waals surface area contributed by atoms with Gasteiger partial charge in [-0.2, -0.15) is 0 Å². The molecule has 0 bridgehead atoms. The highest BCUT2D eigenvalue weighted by atomic mass is 16.5. The second-order valence-electron chi connectivity index (χ2n) is 5.50. The highest BCUT2D eigenvalue weighted by Crippen LogP contribution is 2.27. The molecule has 0 heterocycles. The molecule has 0 saturated carbocycles. The van der Waals surface area contributed by atoms with Crippen molar-refractivity contribution in [3.05, 3.63) is 71.5 Å². The molecule has 27 heavy (non-hydrogen) atoms. The minimum absolute atomic E-state index is 0.0233. The summed E-state index contributed by atoms with van der Waals surface area (Å²) in [6, 6.07) is 9.48. The average Bonchev–Trinajstić information content (AvgIpc) is 2.65. The molecular formula is C21H20O6. The summed E-state index contributed by atoms with van der Waals surface area (Å²) in [4.78, 5) is 11.9. The van der Waals surface area contributed by atoms with Gasteiger partial charge in [-0.25, -0.2) is 0 Å². The molecular weight excluding hydrogens is 348 g/mol. The van der Waals surface area contributed by atoms with Gasteiger partial charge in [0.05, 0.1) is 14.2 Å². The summed E-state index contributed by atoms with van der Waals surface area (Å²) in [5.74, 6) is -0.0360. The Morgan fingerprint density at radius 1 is 0.852 bits per heavy atom. The predicted octanol–water partition coefficient (Wildman–Crippen LogP) is 3.85. The molecule has 0 radical (unpaired) electrons. The van der Waals surface area contributed by atoms with Crippen molar-refractivity contribution in [1.29, 1.82) is 0 Å². The molecule has 0 unspecified atom stereocenters. The van der Waals surface area contributed by atoms with Crippen molar-refractivity contribution in [3.63, 3.8) is 0 Å². The SMILES string of the molecule is COc1ccc(/C=C/C(=O)C=C(O)/C=C/c2ccc(OC)c(O)c2)cc1O. The minimum Gasteiger partial charge on any atom is -0.508 e. The third-order valence-electron chi connectivity index (χ3n) is 3.58. The quantitative estimate of drug-likeness (QED) is 0.390. The number of aliphatic hydroxyl groups excluding tert-OH is 1. The monoisotopic (exact) mass is 368 g/mol. The van der Waals surface area contributed by atoms with Gasteiger partial charge in [0.1, 0.15) is 5.76 Å². The second-order valence-corrected chi connectivity index (χ2v) is 5.50. The van der Waals surface area contributed by atoms with Crippen molar-refractivity contribution in [2.45, 2.75) is 0 Å². The predicted molar refractivity (Wildman–Crippen MR) is 103 cm³/mol. The van der Waals surface area contributed by atoms with Crippen molar-refractivity contribution in [3.8, 4) is 23.0 Å². The van der Waals surface area contributed by atoms with Crippen molar-refractivity contribution >= 4 is 17.9 Å². The van der Waals surface area contributed by atoms with Crippen molar-refractivity contribution in [2.75, 3.05) is 14.2 Å². The fourth-order valence-electron chi connectivity index (χ4n) is 2.22. The van der Waals surface area contributed by atoms with E-state index in [0.717, 1.165) is 6.08 Å². The normalized spacial score (nSPS) is 11.9. The molecule has 0 aliphatic carbocycles. The number of aromatic hydroxyl groups is 2. The average molecular weight is 368 g/mol. The molecule has 140 valence electrons. The number of methoxy groups -OCH3 is 2. The molecule has 2 aromatic carbocycles. The zero-order chi connectivity index (χ0) is 19.8. The zero-order valence-electron chi connectivity index (χ0n) is 14.9. The van der Waals surface area contributed by atoms with Crippen LogP contribution in [0.3, 0.4) is 0 Å². The van der Waals surface area contributed by atoms with Gasteiger partial charge in [0.25, 0.3) is 0 Å². The van der Waals surface area contributed by atoms with Gasteiger partial charge in [0.2, 0.25) is 0 Å². The molecule has 0 fully saturated rings. The molecule has 2 rings (SSSR count). The van der Waals surface area contributed by atoms with E-state index in [1.165, 1.54) is 44.6 Å². The molecule has 0 atom stereocenters. The summed E-state index contributed by atoms with van der Waals surface area (Å²) < 4.78 is 9.90. The number of allylic oxidation sites excluding steroid dienone is 3. The van der Waals surface area contributed by atoms with Gasteiger partial charge in [-0.05, 0) is 47.5 Å². The number of rotatable bonds is 7. The Balaban J connectivity index is 2.03. The summed E-state index contributed by atoms with van der Waals surface area (Å²) in [6.07, 6.45) is 6.72. The van der Waals surface area contributed by atoms with Crippen LogP contribution in [0.15, 0.2) is 60.4 Å². The van der Waals surface area contributed by atoms with Gasteiger partial charge >= 0.3 is 0 Å². The first-order valence-electron chi connectivity index (χ1n) is 7.97. The van der Waals surface area contributed by atoms with Crippen LogP contribution in [0.25, 0.3) is 12.2 Å². The van der Waals surface area contributed by atoms with Crippen LogP contribution in [0.2, 0.25) is 0 Å². The van der Waals surface area contributed by atoms with Crippen LogP contribution in [0.4, 0.5) is 0 Å². The third kappa shape index (κ3) is 5.67. The molecule has 2 aromatic rings. The summed E-state index contributed by atoms with van der Waals surface area (Å²) in [5, 5.41) is 29.2. The summed E-state index contributed by atoms with van der Waals surface area (Å²) in [5.41, 5.74) is 1.24. The van der Waals surface area contributed by atoms with Crippen LogP contribution in [-0.4, -0.2) is 35.3 Å². The van der Waals surface area contributed by atoms with E-state index in [9.17, 15) is 20.1 Å².